The van der Waals surface area contributed by atoms with Crippen molar-refractivity contribution in [2.24, 2.45) is 5.18 Å². The molecule has 2 rings (SSSR count). The Hall–Kier alpha value is -1.78. The normalized spacial score (nSPS) is 10.2. The summed E-state index contributed by atoms with van der Waals surface area (Å²) in [5.74, 6) is 0. The summed E-state index contributed by atoms with van der Waals surface area (Å²) in [5.41, 5.74) is 0.983. The molecule has 5 heteroatoms. The van der Waals surface area contributed by atoms with E-state index in [9.17, 15) is 4.91 Å². The van der Waals surface area contributed by atoms with Crippen LogP contribution in [-0.4, -0.2) is 15.2 Å². The molecule has 11 heavy (non-hydrogen) atoms. The molecular formula is C6H4N4O. The third kappa shape index (κ3) is 0.861. The van der Waals surface area contributed by atoms with E-state index in [1.165, 1.54) is 6.20 Å². The van der Waals surface area contributed by atoms with Crippen LogP contribution < -0.4 is 0 Å². The number of hydrogen-bond donors (Lipinski definition) is 1. The van der Waals surface area contributed by atoms with Crippen molar-refractivity contribution >= 4 is 16.7 Å². The molecule has 2 heterocycles. The second-order valence-electron chi connectivity index (χ2n) is 2.09. The van der Waals surface area contributed by atoms with Gasteiger partial charge in [-0.3, -0.25) is 5.10 Å². The molecule has 0 aliphatic heterocycles. The molecule has 2 aromatic heterocycles. The van der Waals surface area contributed by atoms with Crippen LogP contribution in [0.4, 0.5) is 5.69 Å². The standard InChI is InChI=1S/C6H4N4O/c11-10-5-1-4-2-8-9-6(4)7-3-5/h1-3H,(H,7,8,9). The summed E-state index contributed by atoms with van der Waals surface area (Å²) < 4.78 is 0. The molecule has 0 aromatic carbocycles. The highest BCUT2D eigenvalue weighted by Crippen LogP contribution is 2.15. The van der Waals surface area contributed by atoms with Crippen molar-refractivity contribution < 1.29 is 0 Å². The fraction of sp³-hybridized carbons (Fsp3) is 0. The molecule has 0 radical (unpaired) electrons. The van der Waals surface area contributed by atoms with Gasteiger partial charge in [-0.05, 0) is 11.2 Å². The summed E-state index contributed by atoms with van der Waals surface area (Å²) >= 11 is 0. The van der Waals surface area contributed by atoms with Crippen LogP contribution in [-0.2, 0) is 0 Å². The Bertz CT molecular complexity index is 394. The molecular weight excluding hydrogens is 144 g/mol. The van der Waals surface area contributed by atoms with Gasteiger partial charge in [-0.2, -0.15) is 5.10 Å². The van der Waals surface area contributed by atoms with E-state index in [-0.39, 0.29) is 0 Å². The number of aromatic amines is 1. The van der Waals surface area contributed by atoms with Gasteiger partial charge in [0, 0.05) is 5.39 Å². The minimum absolute atomic E-state index is 0.318. The number of nitrogens with zero attached hydrogens (tertiary/aromatic N) is 3. The van der Waals surface area contributed by atoms with Crippen LogP contribution >= 0.6 is 0 Å². The summed E-state index contributed by atoms with van der Waals surface area (Å²) in [5, 5.41) is 9.95. The molecule has 5 nitrogen and oxygen atoms in total. The van der Waals surface area contributed by atoms with Crippen LogP contribution in [0.2, 0.25) is 0 Å². The van der Waals surface area contributed by atoms with Crippen molar-refractivity contribution in [1.29, 1.82) is 0 Å². The maximum atomic E-state index is 10.1. The van der Waals surface area contributed by atoms with Gasteiger partial charge in [0.15, 0.2) is 5.65 Å². The molecule has 0 saturated carbocycles. The maximum absolute atomic E-state index is 10.1. The van der Waals surface area contributed by atoms with Gasteiger partial charge in [0.05, 0.1) is 12.4 Å². The molecule has 2 aromatic rings. The van der Waals surface area contributed by atoms with Gasteiger partial charge in [0.25, 0.3) is 0 Å². The first-order chi connectivity index (χ1) is 5.40. The second-order valence-corrected chi connectivity index (χ2v) is 2.09. The van der Waals surface area contributed by atoms with Crippen LogP contribution in [0.3, 0.4) is 0 Å². The number of fused-ring (bicyclic) bond motifs is 1. The molecule has 0 amide bonds. The topological polar surface area (TPSA) is 71.0 Å². The van der Waals surface area contributed by atoms with E-state index in [2.05, 4.69) is 20.4 Å². The monoisotopic (exact) mass is 148 g/mol. The van der Waals surface area contributed by atoms with Crippen molar-refractivity contribution in [2.75, 3.05) is 0 Å². The number of pyridine rings is 1. The van der Waals surface area contributed by atoms with Crippen molar-refractivity contribution in [3.05, 3.63) is 23.4 Å². The van der Waals surface area contributed by atoms with Gasteiger partial charge in [-0.1, -0.05) is 0 Å². The molecule has 0 bridgehead atoms. The van der Waals surface area contributed by atoms with Gasteiger partial charge in [-0.25, -0.2) is 4.98 Å². The first kappa shape index (κ1) is 5.96. The van der Waals surface area contributed by atoms with Crippen molar-refractivity contribution in [3.8, 4) is 0 Å². The Morgan fingerprint density at radius 2 is 2.36 bits per heavy atom. The summed E-state index contributed by atoms with van der Waals surface area (Å²) in [6.45, 7) is 0. The minimum Gasteiger partial charge on any atom is -0.261 e. The van der Waals surface area contributed by atoms with Gasteiger partial charge in [0.1, 0.15) is 5.69 Å². The Labute approximate surface area is 61.4 Å². The van der Waals surface area contributed by atoms with Gasteiger partial charge in [-0.15, -0.1) is 4.91 Å². The van der Waals surface area contributed by atoms with Gasteiger partial charge < -0.3 is 0 Å². The van der Waals surface area contributed by atoms with Gasteiger partial charge in [0.2, 0.25) is 0 Å². The zero-order valence-corrected chi connectivity index (χ0v) is 5.48. The van der Waals surface area contributed by atoms with Crippen LogP contribution in [0, 0.1) is 4.91 Å². The summed E-state index contributed by atoms with van der Waals surface area (Å²) in [6, 6.07) is 1.62. The van der Waals surface area contributed by atoms with Crippen LogP contribution in [0.1, 0.15) is 0 Å². The van der Waals surface area contributed by atoms with E-state index in [0.29, 0.717) is 11.3 Å². The van der Waals surface area contributed by atoms with Crippen LogP contribution in [0.15, 0.2) is 23.6 Å². The predicted octanol–water partition coefficient (Wildman–Crippen LogP) is 1.36. The fourth-order valence-electron chi connectivity index (χ4n) is 0.875. The molecule has 0 aliphatic rings. The van der Waals surface area contributed by atoms with Crippen LogP contribution in [0.5, 0.6) is 0 Å². The van der Waals surface area contributed by atoms with Crippen molar-refractivity contribution in [1.82, 2.24) is 15.2 Å². The third-order valence-corrected chi connectivity index (χ3v) is 1.38. The Morgan fingerprint density at radius 3 is 3.18 bits per heavy atom. The van der Waals surface area contributed by atoms with E-state index in [1.54, 1.807) is 12.3 Å². The predicted molar refractivity (Wildman–Crippen MR) is 39.3 cm³/mol. The highest BCUT2D eigenvalue weighted by atomic mass is 16.3. The number of aromatic nitrogens is 3. The molecule has 0 aliphatic carbocycles. The molecule has 1 N–H and O–H groups in total. The number of nitroso groups, excluding NO2 is 1. The molecule has 0 fully saturated rings. The molecule has 0 saturated heterocycles. The zero-order chi connectivity index (χ0) is 7.68. The van der Waals surface area contributed by atoms with E-state index in [0.717, 1.165) is 5.39 Å². The minimum atomic E-state index is 0.318. The van der Waals surface area contributed by atoms with E-state index in [4.69, 9.17) is 0 Å². The zero-order valence-electron chi connectivity index (χ0n) is 5.48. The average molecular weight is 148 g/mol. The first-order valence-corrected chi connectivity index (χ1v) is 3.02. The maximum Gasteiger partial charge on any atom is 0.155 e. The lowest BCUT2D eigenvalue weighted by molar-refractivity contribution is 1.10. The summed E-state index contributed by atoms with van der Waals surface area (Å²) in [6.07, 6.45) is 2.99. The van der Waals surface area contributed by atoms with Crippen molar-refractivity contribution in [2.45, 2.75) is 0 Å². The number of nitrogens with one attached hydrogen (secondary N) is 1. The largest absolute Gasteiger partial charge is 0.261 e. The number of H-pyrrole nitrogens is 1. The molecule has 0 atom stereocenters. The van der Waals surface area contributed by atoms with Crippen LogP contribution in [0.25, 0.3) is 11.0 Å². The first-order valence-electron chi connectivity index (χ1n) is 3.02. The smallest absolute Gasteiger partial charge is 0.155 e. The highest BCUT2D eigenvalue weighted by molar-refractivity contribution is 5.76. The van der Waals surface area contributed by atoms with Gasteiger partial charge >= 0.3 is 0 Å². The Morgan fingerprint density at radius 1 is 1.45 bits per heavy atom. The van der Waals surface area contributed by atoms with E-state index >= 15 is 0 Å². The lowest BCUT2D eigenvalue weighted by Gasteiger charge is -1.86. The molecule has 0 spiro atoms. The second kappa shape index (κ2) is 2.12. The quantitative estimate of drug-likeness (QED) is 0.620. The number of hydrogen-bond acceptors (Lipinski definition) is 4. The highest BCUT2D eigenvalue weighted by Gasteiger charge is 1.97. The SMILES string of the molecule is O=Nc1cnc2[nH]ncc2c1. The molecule has 54 valence electrons. The van der Waals surface area contributed by atoms with Crippen molar-refractivity contribution in [3.63, 3.8) is 0 Å². The Balaban J connectivity index is 2.76. The average Bonchev–Trinajstić information content (AvgIpc) is 2.50. The lowest BCUT2D eigenvalue weighted by atomic mass is 10.3. The molecule has 0 unspecified atom stereocenters. The number of rotatable bonds is 1. The Kier molecular flexibility index (Phi) is 1.15. The summed E-state index contributed by atoms with van der Waals surface area (Å²) in [4.78, 5) is 14.0. The summed E-state index contributed by atoms with van der Waals surface area (Å²) in [7, 11) is 0. The third-order valence-electron chi connectivity index (χ3n) is 1.38. The van der Waals surface area contributed by atoms with E-state index in [1.807, 2.05) is 0 Å². The van der Waals surface area contributed by atoms with E-state index < -0.39 is 0 Å². The lowest BCUT2D eigenvalue weighted by Crippen LogP contribution is -1.73. The fourth-order valence-corrected chi connectivity index (χ4v) is 0.875.